The lowest BCUT2D eigenvalue weighted by Gasteiger charge is -2.28. The van der Waals surface area contributed by atoms with Crippen molar-refractivity contribution in [3.05, 3.63) is 51.7 Å². The predicted molar refractivity (Wildman–Crippen MR) is 105 cm³/mol. The molecule has 6 heteroatoms. The van der Waals surface area contributed by atoms with E-state index >= 15 is 0 Å². The monoisotopic (exact) mass is 368 g/mol. The fraction of sp³-hybridized carbons (Fsp3) is 0.263. The molecule has 0 radical (unpaired) electrons. The standard InChI is InChI=1S/C19H17ClN4S/c1-2-11-9-14-17(22-19(20)23-18(14)25-11)24-8-7-13-12-5-3-4-6-15(12)21-16(13)10-24/h3-6,9,21H,2,7-8,10H2,1H3. The number of aromatic amines is 1. The van der Waals surface area contributed by atoms with Gasteiger partial charge < -0.3 is 9.88 Å². The van der Waals surface area contributed by atoms with Crippen molar-refractivity contribution in [1.29, 1.82) is 0 Å². The summed E-state index contributed by atoms with van der Waals surface area (Å²) in [6, 6.07) is 10.7. The van der Waals surface area contributed by atoms with Crippen LogP contribution >= 0.6 is 22.9 Å². The lowest BCUT2D eigenvalue weighted by atomic mass is 10.0. The SMILES string of the molecule is CCc1cc2c(N3CCc4c([nH]c5ccccc45)C3)nc(Cl)nc2s1. The molecule has 1 aromatic carbocycles. The lowest BCUT2D eigenvalue weighted by molar-refractivity contribution is 0.716. The Morgan fingerprint density at radius 2 is 2.12 bits per heavy atom. The average molecular weight is 369 g/mol. The van der Waals surface area contributed by atoms with Crippen LogP contribution in [-0.4, -0.2) is 21.5 Å². The van der Waals surface area contributed by atoms with Gasteiger partial charge in [0.1, 0.15) is 10.6 Å². The highest BCUT2D eigenvalue weighted by molar-refractivity contribution is 7.18. The summed E-state index contributed by atoms with van der Waals surface area (Å²) >= 11 is 7.92. The number of rotatable bonds is 2. The largest absolute Gasteiger partial charge is 0.357 e. The van der Waals surface area contributed by atoms with Crippen LogP contribution in [0.25, 0.3) is 21.1 Å². The van der Waals surface area contributed by atoms with Crippen molar-refractivity contribution in [2.24, 2.45) is 0 Å². The topological polar surface area (TPSA) is 44.8 Å². The molecule has 3 aromatic heterocycles. The molecule has 0 saturated heterocycles. The van der Waals surface area contributed by atoms with E-state index in [-0.39, 0.29) is 0 Å². The fourth-order valence-corrected chi connectivity index (χ4v) is 4.90. The van der Waals surface area contributed by atoms with Crippen molar-refractivity contribution in [2.45, 2.75) is 26.3 Å². The predicted octanol–water partition coefficient (Wildman–Crippen LogP) is 4.95. The lowest BCUT2D eigenvalue weighted by Crippen LogP contribution is -2.31. The van der Waals surface area contributed by atoms with Gasteiger partial charge in [-0.05, 0) is 42.1 Å². The van der Waals surface area contributed by atoms with E-state index in [1.807, 2.05) is 0 Å². The molecule has 0 saturated carbocycles. The van der Waals surface area contributed by atoms with E-state index in [9.17, 15) is 0 Å². The maximum atomic E-state index is 6.21. The smallest absolute Gasteiger partial charge is 0.225 e. The van der Waals surface area contributed by atoms with E-state index < -0.39 is 0 Å². The number of hydrogen-bond acceptors (Lipinski definition) is 4. The van der Waals surface area contributed by atoms with Gasteiger partial charge in [-0.2, -0.15) is 4.98 Å². The summed E-state index contributed by atoms with van der Waals surface area (Å²) in [6.45, 7) is 3.93. The molecular formula is C19H17ClN4S. The molecule has 0 fully saturated rings. The number of halogens is 1. The fourth-order valence-electron chi connectivity index (χ4n) is 3.72. The summed E-state index contributed by atoms with van der Waals surface area (Å²) < 4.78 is 0. The number of fused-ring (bicyclic) bond motifs is 4. The van der Waals surface area contributed by atoms with Gasteiger partial charge in [0.2, 0.25) is 5.28 Å². The number of thiophene rings is 1. The van der Waals surface area contributed by atoms with Gasteiger partial charge in [-0.1, -0.05) is 25.1 Å². The van der Waals surface area contributed by atoms with Crippen LogP contribution in [0.15, 0.2) is 30.3 Å². The number of nitrogens with zero attached hydrogens (tertiary/aromatic N) is 3. The molecule has 0 atom stereocenters. The Morgan fingerprint density at radius 3 is 3.00 bits per heavy atom. The number of aromatic nitrogens is 3. The van der Waals surface area contributed by atoms with Crippen LogP contribution in [0.1, 0.15) is 23.1 Å². The molecule has 0 spiro atoms. The Kier molecular flexibility index (Phi) is 3.47. The van der Waals surface area contributed by atoms with Gasteiger partial charge in [0.15, 0.2) is 0 Å². The van der Waals surface area contributed by atoms with Crippen molar-refractivity contribution >= 4 is 49.9 Å². The molecule has 0 unspecified atom stereocenters. The molecule has 1 N–H and O–H groups in total. The maximum absolute atomic E-state index is 6.21. The first-order valence-electron chi connectivity index (χ1n) is 8.52. The summed E-state index contributed by atoms with van der Waals surface area (Å²) in [6.07, 6.45) is 2.01. The number of benzene rings is 1. The third-order valence-electron chi connectivity index (χ3n) is 4.93. The minimum absolute atomic E-state index is 0.328. The van der Waals surface area contributed by atoms with E-state index in [0.29, 0.717) is 5.28 Å². The zero-order valence-corrected chi connectivity index (χ0v) is 15.4. The number of anilines is 1. The Hall–Kier alpha value is -2.11. The number of para-hydroxylation sites is 1. The van der Waals surface area contributed by atoms with Gasteiger partial charge >= 0.3 is 0 Å². The summed E-state index contributed by atoms with van der Waals surface area (Å²) in [5.74, 6) is 0.954. The molecule has 126 valence electrons. The number of H-pyrrole nitrogens is 1. The third-order valence-corrected chi connectivity index (χ3v) is 6.27. The second-order valence-electron chi connectivity index (χ2n) is 6.40. The Morgan fingerprint density at radius 1 is 1.24 bits per heavy atom. The molecule has 4 heterocycles. The van der Waals surface area contributed by atoms with Gasteiger partial charge in [-0.25, -0.2) is 4.98 Å². The first-order chi connectivity index (χ1) is 12.2. The van der Waals surface area contributed by atoms with Crippen LogP contribution in [0, 0.1) is 0 Å². The number of nitrogens with one attached hydrogen (secondary N) is 1. The first kappa shape index (κ1) is 15.2. The van der Waals surface area contributed by atoms with Gasteiger partial charge in [-0.15, -0.1) is 11.3 Å². The van der Waals surface area contributed by atoms with Gasteiger partial charge in [-0.3, -0.25) is 0 Å². The molecule has 0 amide bonds. The minimum atomic E-state index is 0.328. The van der Waals surface area contributed by atoms with Gasteiger partial charge in [0, 0.05) is 28.0 Å². The quantitative estimate of drug-likeness (QED) is 0.509. The molecule has 0 bridgehead atoms. The average Bonchev–Trinajstić information content (AvgIpc) is 3.20. The van der Waals surface area contributed by atoms with Crippen molar-refractivity contribution < 1.29 is 0 Å². The Labute approximate surface area is 154 Å². The molecule has 1 aliphatic heterocycles. The third kappa shape index (κ3) is 2.41. The number of aryl methyl sites for hydroxylation is 1. The van der Waals surface area contributed by atoms with Crippen molar-refractivity contribution in [1.82, 2.24) is 15.0 Å². The van der Waals surface area contributed by atoms with Crippen molar-refractivity contribution in [3.8, 4) is 0 Å². The molecule has 4 nitrogen and oxygen atoms in total. The molecule has 25 heavy (non-hydrogen) atoms. The molecular weight excluding hydrogens is 352 g/mol. The first-order valence-corrected chi connectivity index (χ1v) is 9.71. The highest BCUT2D eigenvalue weighted by atomic mass is 35.5. The zero-order valence-electron chi connectivity index (χ0n) is 13.8. The van der Waals surface area contributed by atoms with Crippen LogP contribution < -0.4 is 4.90 Å². The highest BCUT2D eigenvalue weighted by Crippen LogP contribution is 2.35. The van der Waals surface area contributed by atoms with Crippen molar-refractivity contribution in [2.75, 3.05) is 11.4 Å². The van der Waals surface area contributed by atoms with Gasteiger partial charge in [0.25, 0.3) is 0 Å². The molecule has 4 aromatic rings. The zero-order chi connectivity index (χ0) is 17.0. The Bertz CT molecular complexity index is 1100. The van der Waals surface area contributed by atoms with Crippen LogP contribution in [0.2, 0.25) is 5.28 Å². The van der Waals surface area contributed by atoms with Crippen LogP contribution in [-0.2, 0) is 19.4 Å². The van der Waals surface area contributed by atoms with Crippen LogP contribution in [0.3, 0.4) is 0 Å². The highest BCUT2D eigenvalue weighted by Gasteiger charge is 2.24. The summed E-state index contributed by atoms with van der Waals surface area (Å²) in [5.41, 5.74) is 3.92. The van der Waals surface area contributed by atoms with E-state index in [4.69, 9.17) is 11.6 Å². The molecule has 0 aliphatic carbocycles. The second-order valence-corrected chi connectivity index (χ2v) is 7.85. The number of hydrogen-bond donors (Lipinski definition) is 1. The second kappa shape index (κ2) is 5.71. The molecule has 5 rings (SSSR count). The van der Waals surface area contributed by atoms with E-state index in [1.165, 1.54) is 27.0 Å². The Balaban J connectivity index is 1.60. The van der Waals surface area contributed by atoms with E-state index in [2.05, 4.69) is 57.1 Å². The maximum Gasteiger partial charge on any atom is 0.225 e. The van der Waals surface area contributed by atoms with Crippen LogP contribution in [0.5, 0.6) is 0 Å². The van der Waals surface area contributed by atoms with E-state index in [1.54, 1.807) is 11.3 Å². The van der Waals surface area contributed by atoms with Gasteiger partial charge in [0.05, 0.1) is 11.9 Å². The van der Waals surface area contributed by atoms with E-state index in [0.717, 1.165) is 42.0 Å². The van der Waals surface area contributed by atoms with Crippen LogP contribution in [0.4, 0.5) is 5.82 Å². The summed E-state index contributed by atoms with van der Waals surface area (Å²) in [4.78, 5) is 17.2. The summed E-state index contributed by atoms with van der Waals surface area (Å²) in [7, 11) is 0. The van der Waals surface area contributed by atoms with Crippen molar-refractivity contribution in [3.63, 3.8) is 0 Å². The summed E-state index contributed by atoms with van der Waals surface area (Å²) in [5, 5.41) is 2.78. The normalized spacial score (nSPS) is 14.4. The molecule has 1 aliphatic rings. The minimum Gasteiger partial charge on any atom is -0.357 e.